The van der Waals surface area contributed by atoms with Gasteiger partial charge in [-0.05, 0) is 42.3 Å². The zero-order valence-corrected chi connectivity index (χ0v) is 13.9. The van der Waals surface area contributed by atoms with Gasteiger partial charge in [0.2, 0.25) is 5.91 Å². The van der Waals surface area contributed by atoms with Crippen LogP contribution in [0.25, 0.3) is 0 Å². The number of phenolic OH excluding ortho intramolecular Hbond substituents is 1. The second kappa shape index (κ2) is 6.01. The Morgan fingerprint density at radius 1 is 1.36 bits per heavy atom. The first-order chi connectivity index (χ1) is 10.6. The third kappa shape index (κ3) is 2.81. The van der Waals surface area contributed by atoms with Gasteiger partial charge in [0, 0.05) is 41.4 Å². The molecular weight excluding hydrogens is 344 g/mol. The molecule has 1 heterocycles. The molecule has 114 valence electrons. The molecule has 0 unspecified atom stereocenters. The summed E-state index contributed by atoms with van der Waals surface area (Å²) in [4.78, 5) is 13.5. The zero-order valence-electron chi connectivity index (χ0n) is 12.3. The van der Waals surface area contributed by atoms with E-state index >= 15 is 0 Å². The summed E-state index contributed by atoms with van der Waals surface area (Å²) in [6.45, 7) is 2.93. The number of halogens is 1. The van der Waals surface area contributed by atoms with Crippen molar-refractivity contribution in [2.24, 2.45) is 0 Å². The Hall–Kier alpha value is -2.01. The van der Waals surface area contributed by atoms with Gasteiger partial charge in [0.25, 0.3) is 0 Å². The number of phenols is 1. The van der Waals surface area contributed by atoms with Crippen molar-refractivity contribution in [3.63, 3.8) is 0 Å². The number of hydrogen-bond acceptors (Lipinski definition) is 3. The van der Waals surface area contributed by atoms with Crippen LogP contribution in [0.4, 0.5) is 11.4 Å². The van der Waals surface area contributed by atoms with Gasteiger partial charge in [0.05, 0.1) is 0 Å². The van der Waals surface area contributed by atoms with Crippen LogP contribution in [-0.4, -0.2) is 17.6 Å². The van der Waals surface area contributed by atoms with Crippen molar-refractivity contribution in [3.8, 4) is 5.75 Å². The first-order valence-corrected chi connectivity index (χ1v) is 7.97. The quantitative estimate of drug-likeness (QED) is 0.877. The molecule has 1 amide bonds. The van der Waals surface area contributed by atoms with Crippen molar-refractivity contribution in [2.45, 2.75) is 19.9 Å². The molecule has 2 aromatic carbocycles. The molecular formula is C17H17BrN2O2. The lowest BCUT2D eigenvalue weighted by Crippen LogP contribution is -2.25. The summed E-state index contributed by atoms with van der Waals surface area (Å²) in [5, 5.41) is 13.0. The Kier molecular flexibility index (Phi) is 4.07. The van der Waals surface area contributed by atoms with Gasteiger partial charge in [-0.3, -0.25) is 4.79 Å². The number of amides is 1. The summed E-state index contributed by atoms with van der Waals surface area (Å²) >= 11 is 3.49. The standard InChI is InChI=1S/C17H17BrN2O2/c1-11(21)20-8-7-14-16(3-2-4-17(14)20)19-10-12-9-13(22)5-6-15(12)18/h2-6,9,19,22H,7-8,10H2,1H3. The fourth-order valence-electron chi connectivity index (χ4n) is 2.81. The number of anilines is 2. The number of benzene rings is 2. The number of carbonyl (C=O) groups is 1. The first kappa shape index (κ1) is 14.9. The Morgan fingerprint density at radius 3 is 2.95 bits per heavy atom. The zero-order chi connectivity index (χ0) is 15.7. The normalized spacial score (nSPS) is 13.1. The third-order valence-electron chi connectivity index (χ3n) is 3.91. The summed E-state index contributed by atoms with van der Waals surface area (Å²) in [5.41, 5.74) is 4.19. The maximum atomic E-state index is 11.7. The number of rotatable bonds is 3. The number of nitrogens with one attached hydrogen (secondary N) is 1. The fourth-order valence-corrected chi connectivity index (χ4v) is 3.20. The first-order valence-electron chi connectivity index (χ1n) is 7.17. The van der Waals surface area contributed by atoms with Gasteiger partial charge in [-0.1, -0.05) is 22.0 Å². The average Bonchev–Trinajstić information content (AvgIpc) is 2.93. The highest BCUT2D eigenvalue weighted by atomic mass is 79.9. The molecule has 0 saturated heterocycles. The lowest BCUT2D eigenvalue weighted by atomic mass is 10.1. The number of fused-ring (bicyclic) bond motifs is 1. The summed E-state index contributed by atoms with van der Waals surface area (Å²) in [5.74, 6) is 0.327. The number of carbonyl (C=O) groups excluding carboxylic acids is 1. The van der Waals surface area contributed by atoms with Crippen molar-refractivity contribution >= 4 is 33.2 Å². The molecule has 0 atom stereocenters. The van der Waals surface area contributed by atoms with Crippen LogP contribution in [0.1, 0.15) is 18.1 Å². The Morgan fingerprint density at radius 2 is 2.18 bits per heavy atom. The highest BCUT2D eigenvalue weighted by molar-refractivity contribution is 9.10. The molecule has 3 rings (SSSR count). The topological polar surface area (TPSA) is 52.6 Å². The second-order valence-corrected chi connectivity index (χ2v) is 6.21. The lowest BCUT2D eigenvalue weighted by molar-refractivity contribution is -0.116. The molecule has 0 bridgehead atoms. The van der Waals surface area contributed by atoms with Crippen molar-refractivity contribution in [2.75, 3.05) is 16.8 Å². The summed E-state index contributed by atoms with van der Waals surface area (Å²) < 4.78 is 0.954. The van der Waals surface area contributed by atoms with E-state index in [2.05, 4.69) is 21.2 Å². The Bertz CT molecular complexity index is 731. The molecule has 0 aliphatic carbocycles. The highest BCUT2D eigenvalue weighted by Gasteiger charge is 2.24. The van der Waals surface area contributed by atoms with Crippen LogP contribution in [-0.2, 0) is 17.8 Å². The van der Waals surface area contributed by atoms with E-state index in [1.807, 2.05) is 29.2 Å². The molecule has 5 heteroatoms. The number of nitrogens with zero attached hydrogens (tertiary/aromatic N) is 1. The molecule has 2 aromatic rings. The van der Waals surface area contributed by atoms with Gasteiger partial charge < -0.3 is 15.3 Å². The van der Waals surface area contributed by atoms with Crippen LogP contribution in [0, 0.1) is 0 Å². The van der Waals surface area contributed by atoms with E-state index in [0.29, 0.717) is 6.54 Å². The van der Waals surface area contributed by atoms with Gasteiger partial charge in [-0.25, -0.2) is 0 Å². The molecule has 1 aliphatic heterocycles. The molecule has 0 saturated carbocycles. The van der Waals surface area contributed by atoms with E-state index in [4.69, 9.17) is 0 Å². The van der Waals surface area contributed by atoms with E-state index in [-0.39, 0.29) is 11.7 Å². The average molecular weight is 361 g/mol. The number of hydrogen-bond donors (Lipinski definition) is 2. The van der Waals surface area contributed by atoms with Gasteiger partial charge in [0.1, 0.15) is 5.75 Å². The van der Waals surface area contributed by atoms with Crippen LogP contribution in [0.3, 0.4) is 0 Å². The Labute approximate surface area is 137 Å². The fraction of sp³-hybridized carbons (Fsp3) is 0.235. The minimum Gasteiger partial charge on any atom is -0.508 e. The van der Waals surface area contributed by atoms with Crippen molar-refractivity contribution in [3.05, 3.63) is 52.0 Å². The predicted molar refractivity (Wildman–Crippen MR) is 91.3 cm³/mol. The molecule has 0 spiro atoms. The van der Waals surface area contributed by atoms with Gasteiger partial charge in [0.15, 0.2) is 0 Å². The molecule has 2 N–H and O–H groups in total. The van der Waals surface area contributed by atoms with Crippen LogP contribution < -0.4 is 10.2 Å². The van der Waals surface area contributed by atoms with E-state index in [1.165, 1.54) is 5.56 Å². The maximum Gasteiger partial charge on any atom is 0.223 e. The second-order valence-electron chi connectivity index (χ2n) is 5.35. The summed E-state index contributed by atoms with van der Waals surface area (Å²) in [6, 6.07) is 11.2. The minimum absolute atomic E-state index is 0.0756. The molecule has 0 aromatic heterocycles. The molecule has 4 nitrogen and oxygen atoms in total. The third-order valence-corrected chi connectivity index (χ3v) is 4.68. The van der Waals surface area contributed by atoms with Crippen molar-refractivity contribution < 1.29 is 9.90 Å². The van der Waals surface area contributed by atoms with Crippen molar-refractivity contribution in [1.82, 2.24) is 0 Å². The smallest absolute Gasteiger partial charge is 0.223 e. The molecule has 1 aliphatic rings. The minimum atomic E-state index is 0.0756. The molecule has 22 heavy (non-hydrogen) atoms. The van der Waals surface area contributed by atoms with Gasteiger partial charge in [-0.15, -0.1) is 0 Å². The molecule has 0 radical (unpaired) electrons. The maximum absolute atomic E-state index is 11.7. The van der Waals surface area contributed by atoms with Crippen molar-refractivity contribution in [1.29, 1.82) is 0 Å². The summed E-state index contributed by atoms with van der Waals surface area (Å²) in [7, 11) is 0. The monoisotopic (exact) mass is 360 g/mol. The highest BCUT2D eigenvalue weighted by Crippen LogP contribution is 2.34. The number of aromatic hydroxyl groups is 1. The van der Waals surface area contributed by atoms with Gasteiger partial charge >= 0.3 is 0 Å². The van der Waals surface area contributed by atoms with E-state index < -0.39 is 0 Å². The SMILES string of the molecule is CC(=O)N1CCc2c(NCc3cc(O)ccc3Br)cccc21. The lowest BCUT2D eigenvalue weighted by Gasteiger charge is -2.16. The Balaban J connectivity index is 1.83. The van der Waals surface area contributed by atoms with Crippen LogP contribution in [0.5, 0.6) is 5.75 Å². The van der Waals surface area contributed by atoms with Crippen LogP contribution >= 0.6 is 15.9 Å². The largest absolute Gasteiger partial charge is 0.508 e. The molecule has 0 fully saturated rings. The van der Waals surface area contributed by atoms with E-state index in [0.717, 1.165) is 34.4 Å². The van der Waals surface area contributed by atoms with Crippen LogP contribution in [0.2, 0.25) is 0 Å². The van der Waals surface area contributed by atoms with E-state index in [1.54, 1.807) is 19.1 Å². The van der Waals surface area contributed by atoms with Gasteiger partial charge in [-0.2, -0.15) is 0 Å². The van der Waals surface area contributed by atoms with Crippen LogP contribution in [0.15, 0.2) is 40.9 Å². The van der Waals surface area contributed by atoms with E-state index in [9.17, 15) is 9.90 Å². The summed E-state index contributed by atoms with van der Waals surface area (Å²) in [6.07, 6.45) is 0.860. The predicted octanol–water partition coefficient (Wildman–Crippen LogP) is 3.68.